The van der Waals surface area contributed by atoms with E-state index < -0.39 is 22.4 Å². The van der Waals surface area contributed by atoms with Gasteiger partial charge >= 0.3 is 0 Å². The molecule has 0 aliphatic carbocycles. The number of halogens is 2. The quantitative estimate of drug-likeness (QED) is 0.0741. The molecule has 0 aliphatic rings. The molecule has 0 spiro atoms. The van der Waals surface area contributed by atoms with Crippen molar-refractivity contribution in [2.75, 3.05) is 0 Å². The Bertz CT molecular complexity index is 1350. The van der Waals surface area contributed by atoms with Gasteiger partial charge in [-0.2, -0.15) is 0 Å². The average Bonchev–Trinajstić information content (AvgIpc) is 3.11. The molecule has 0 aromatic heterocycles. The van der Waals surface area contributed by atoms with Crippen molar-refractivity contribution in [2.24, 2.45) is 0 Å². The van der Waals surface area contributed by atoms with Crippen LogP contribution in [-0.2, 0) is 42.0 Å². The fourth-order valence-corrected chi connectivity index (χ4v) is 5.64. The Kier molecular flexibility index (Phi) is 14.1. The summed E-state index contributed by atoms with van der Waals surface area (Å²) >= 11 is 6.78. The summed E-state index contributed by atoms with van der Waals surface area (Å²) in [4.78, 5) is 19.1. The highest BCUT2D eigenvalue weighted by Gasteiger charge is 2.36. The summed E-state index contributed by atoms with van der Waals surface area (Å²) in [5.74, 6) is 0. The van der Waals surface area contributed by atoms with Gasteiger partial charge in [-0.25, -0.2) is 19.6 Å². The number of hydrogen-bond acceptors (Lipinski definition) is 8. The van der Waals surface area contributed by atoms with Crippen molar-refractivity contribution in [1.82, 2.24) is 0 Å². The fraction of sp³-hybridized carbons (Fsp3) is 0.333. The highest BCUT2D eigenvalue weighted by atomic mass is 79.9. The molecule has 46 heavy (non-hydrogen) atoms. The first kappa shape index (κ1) is 38.0. The summed E-state index contributed by atoms with van der Waals surface area (Å²) in [7, 11) is 0. The van der Waals surface area contributed by atoms with Gasteiger partial charge in [0.2, 0.25) is 0 Å². The molecule has 0 aliphatic heterocycles. The van der Waals surface area contributed by atoms with Crippen LogP contribution in [0.2, 0.25) is 0 Å². The standard InChI is InChI=1S/C18H20Br2O4.C18H22O4/c1-17(23-21,13-3-7-15(19)8-4-13)11-12-18(2,24-22)14-5-9-16(20)10-6-14;1-17(21-19,15-9-5-3-6-10-15)13-14-18(2,22-20)16-11-7-4-8-12-16/h3-10,21-22H,11-12H2,1-2H3;3-12,19-20H,13-14H2,1-2H3. The van der Waals surface area contributed by atoms with Crippen LogP contribution in [0.1, 0.15) is 75.6 Å². The summed E-state index contributed by atoms with van der Waals surface area (Å²) in [6.07, 6.45) is 1.83. The maximum absolute atomic E-state index is 9.46. The van der Waals surface area contributed by atoms with E-state index in [1.54, 1.807) is 13.8 Å². The highest BCUT2D eigenvalue weighted by Crippen LogP contribution is 2.39. The van der Waals surface area contributed by atoms with Gasteiger partial charge in [0, 0.05) is 8.95 Å². The first-order chi connectivity index (χ1) is 21.9. The van der Waals surface area contributed by atoms with E-state index >= 15 is 0 Å². The lowest BCUT2D eigenvalue weighted by molar-refractivity contribution is -0.344. The van der Waals surface area contributed by atoms with Gasteiger partial charge in [-0.1, -0.05) is 117 Å². The second-order valence-electron chi connectivity index (χ2n) is 12.0. The van der Waals surface area contributed by atoms with Gasteiger partial charge in [-0.05, 0) is 99.9 Å². The third-order valence-corrected chi connectivity index (χ3v) is 9.70. The van der Waals surface area contributed by atoms with E-state index in [0.717, 1.165) is 31.2 Å². The van der Waals surface area contributed by atoms with Crippen molar-refractivity contribution in [2.45, 2.75) is 75.8 Å². The van der Waals surface area contributed by atoms with E-state index in [2.05, 4.69) is 31.9 Å². The SMILES string of the molecule is CC(CCC(C)(OO)c1ccc(Br)cc1)(OO)c1ccc(Br)cc1.CC(CCC(C)(OO)c1ccccc1)(OO)c1ccccc1. The summed E-state index contributed by atoms with van der Waals surface area (Å²) < 4.78 is 1.90. The zero-order valence-corrected chi connectivity index (χ0v) is 29.6. The molecule has 4 unspecified atom stereocenters. The molecule has 0 radical (unpaired) electrons. The van der Waals surface area contributed by atoms with Crippen LogP contribution in [0.25, 0.3) is 0 Å². The Hall–Kier alpha value is -2.48. The Morgan fingerprint density at radius 3 is 0.826 bits per heavy atom. The molecule has 0 amide bonds. The van der Waals surface area contributed by atoms with Gasteiger partial charge in [0.15, 0.2) is 0 Å². The van der Waals surface area contributed by atoms with Crippen LogP contribution in [0.5, 0.6) is 0 Å². The van der Waals surface area contributed by atoms with Crippen LogP contribution in [0.3, 0.4) is 0 Å². The molecule has 4 aromatic carbocycles. The van der Waals surface area contributed by atoms with Crippen molar-refractivity contribution < 1.29 is 40.6 Å². The third kappa shape index (κ3) is 9.77. The normalized spacial score (nSPS) is 16.6. The van der Waals surface area contributed by atoms with Gasteiger partial charge in [0.1, 0.15) is 22.4 Å². The molecule has 0 bridgehead atoms. The molecule has 0 saturated heterocycles. The zero-order chi connectivity index (χ0) is 33.8. The lowest BCUT2D eigenvalue weighted by Crippen LogP contribution is -2.31. The largest absolute Gasteiger partial charge is 0.251 e. The Morgan fingerprint density at radius 2 is 0.609 bits per heavy atom. The van der Waals surface area contributed by atoms with Crippen LogP contribution in [0.4, 0.5) is 0 Å². The maximum atomic E-state index is 9.46. The minimum atomic E-state index is -0.907. The summed E-state index contributed by atoms with van der Waals surface area (Å²) in [6, 6.07) is 34.1. The number of benzene rings is 4. The molecular weight excluding hydrogens is 720 g/mol. The summed E-state index contributed by atoms with van der Waals surface area (Å²) in [5, 5.41) is 37.7. The van der Waals surface area contributed by atoms with Gasteiger partial charge in [-0.3, -0.25) is 21.0 Å². The van der Waals surface area contributed by atoms with Crippen molar-refractivity contribution in [3.05, 3.63) is 140 Å². The lowest BCUT2D eigenvalue weighted by Gasteiger charge is -2.32. The summed E-state index contributed by atoms with van der Waals surface area (Å²) in [5.41, 5.74) is -0.137. The molecule has 248 valence electrons. The molecule has 4 atom stereocenters. The fourth-order valence-electron chi connectivity index (χ4n) is 5.11. The monoisotopic (exact) mass is 760 g/mol. The van der Waals surface area contributed by atoms with Gasteiger partial charge in [0.25, 0.3) is 0 Å². The van der Waals surface area contributed by atoms with E-state index in [0.29, 0.717) is 25.7 Å². The van der Waals surface area contributed by atoms with Crippen LogP contribution < -0.4 is 0 Å². The van der Waals surface area contributed by atoms with Crippen molar-refractivity contribution in [3.63, 3.8) is 0 Å². The van der Waals surface area contributed by atoms with Crippen molar-refractivity contribution >= 4 is 31.9 Å². The molecule has 8 nitrogen and oxygen atoms in total. The van der Waals surface area contributed by atoms with E-state index in [9.17, 15) is 21.0 Å². The van der Waals surface area contributed by atoms with Gasteiger partial charge < -0.3 is 0 Å². The lowest BCUT2D eigenvalue weighted by atomic mass is 9.83. The molecule has 4 N–H and O–H groups in total. The Balaban J connectivity index is 0.000000251. The van der Waals surface area contributed by atoms with Gasteiger partial charge in [-0.15, -0.1) is 0 Å². The molecule has 0 saturated carbocycles. The second-order valence-corrected chi connectivity index (χ2v) is 13.9. The molecule has 0 fully saturated rings. The van der Waals surface area contributed by atoms with Gasteiger partial charge in [0.05, 0.1) is 0 Å². The predicted molar refractivity (Wildman–Crippen MR) is 184 cm³/mol. The molecular formula is C36H42Br2O8. The minimum absolute atomic E-state index is 0.443. The second kappa shape index (κ2) is 17.1. The Labute approximate surface area is 287 Å². The molecule has 10 heteroatoms. The Morgan fingerprint density at radius 1 is 0.391 bits per heavy atom. The number of hydrogen-bond donors (Lipinski definition) is 4. The smallest absolute Gasteiger partial charge is 0.125 e. The van der Waals surface area contributed by atoms with Crippen molar-refractivity contribution in [3.8, 4) is 0 Å². The first-order valence-electron chi connectivity index (χ1n) is 14.8. The van der Waals surface area contributed by atoms with E-state index in [1.807, 2.05) is 123 Å². The minimum Gasteiger partial charge on any atom is -0.251 e. The molecule has 4 aromatic rings. The van der Waals surface area contributed by atoms with Crippen LogP contribution >= 0.6 is 31.9 Å². The maximum Gasteiger partial charge on any atom is 0.125 e. The van der Waals surface area contributed by atoms with Crippen LogP contribution in [0, 0.1) is 0 Å². The molecule has 0 heterocycles. The van der Waals surface area contributed by atoms with E-state index in [-0.39, 0.29) is 0 Å². The predicted octanol–water partition coefficient (Wildman–Crippen LogP) is 10.7. The zero-order valence-electron chi connectivity index (χ0n) is 26.4. The highest BCUT2D eigenvalue weighted by molar-refractivity contribution is 9.10. The topological polar surface area (TPSA) is 118 Å². The molecule has 4 rings (SSSR count). The summed E-state index contributed by atoms with van der Waals surface area (Å²) in [6.45, 7) is 7.22. The third-order valence-electron chi connectivity index (χ3n) is 8.64. The first-order valence-corrected chi connectivity index (χ1v) is 16.4. The van der Waals surface area contributed by atoms with E-state index in [4.69, 9.17) is 19.6 Å². The van der Waals surface area contributed by atoms with Crippen LogP contribution in [0.15, 0.2) is 118 Å². The number of rotatable bonds is 14. The average molecular weight is 763 g/mol. The van der Waals surface area contributed by atoms with Crippen molar-refractivity contribution in [1.29, 1.82) is 0 Å². The van der Waals surface area contributed by atoms with E-state index in [1.165, 1.54) is 0 Å². The van der Waals surface area contributed by atoms with Crippen LogP contribution in [-0.4, -0.2) is 21.0 Å².